The van der Waals surface area contributed by atoms with Gasteiger partial charge in [-0.2, -0.15) is 0 Å². The molecule has 3 heteroatoms. The van der Waals surface area contributed by atoms with Crippen molar-refractivity contribution in [2.45, 2.75) is 13.5 Å². The van der Waals surface area contributed by atoms with E-state index in [1.54, 1.807) is 0 Å². The average Bonchev–Trinajstić information content (AvgIpc) is 2.54. The SMILES string of the molecule is CCOCc1cn(C)c2c(Cl)cccc12. The number of hydrogen-bond donors (Lipinski definition) is 0. The monoisotopic (exact) mass is 223 g/mol. The Labute approximate surface area is 94.4 Å². The van der Waals surface area contributed by atoms with Crippen molar-refractivity contribution in [3.05, 3.63) is 35.0 Å². The number of ether oxygens (including phenoxy) is 1. The van der Waals surface area contributed by atoms with Crippen molar-refractivity contribution in [3.8, 4) is 0 Å². The molecular formula is C12H14ClNO. The first-order valence-electron chi connectivity index (χ1n) is 5.04. The Morgan fingerprint density at radius 1 is 1.40 bits per heavy atom. The van der Waals surface area contributed by atoms with Gasteiger partial charge in [-0.25, -0.2) is 0 Å². The minimum absolute atomic E-state index is 0.647. The van der Waals surface area contributed by atoms with Crippen molar-refractivity contribution in [2.75, 3.05) is 6.61 Å². The zero-order chi connectivity index (χ0) is 10.8. The molecule has 0 atom stereocenters. The number of aromatic nitrogens is 1. The maximum absolute atomic E-state index is 6.15. The van der Waals surface area contributed by atoms with Gasteiger partial charge in [0.25, 0.3) is 0 Å². The van der Waals surface area contributed by atoms with Gasteiger partial charge >= 0.3 is 0 Å². The standard InChI is InChI=1S/C12H14ClNO/c1-3-15-8-9-7-14(2)12-10(9)5-4-6-11(12)13/h4-7H,3,8H2,1-2H3. The highest BCUT2D eigenvalue weighted by atomic mass is 35.5. The topological polar surface area (TPSA) is 14.2 Å². The van der Waals surface area contributed by atoms with E-state index in [0.717, 1.165) is 17.1 Å². The van der Waals surface area contributed by atoms with Gasteiger partial charge in [-0.1, -0.05) is 23.7 Å². The maximum atomic E-state index is 6.15. The second kappa shape index (κ2) is 4.25. The summed E-state index contributed by atoms with van der Waals surface area (Å²) in [6, 6.07) is 5.96. The van der Waals surface area contributed by atoms with Crippen LogP contribution in [0.4, 0.5) is 0 Å². The van der Waals surface area contributed by atoms with Crippen LogP contribution in [0.25, 0.3) is 10.9 Å². The molecule has 1 aromatic carbocycles. The summed E-state index contributed by atoms with van der Waals surface area (Å²) in [6.45, 7) is 3.38. The zero-order valence-electron chi connectivity index (χ0n) is 8.96. The number of fused-ring (bicyclic) bond motifs is 1. The first-order chi connectivity index (χ1) is 7.24. The van der Waals surface area contributed by atoms with Crippen molar-refractivity contribution in [1.82, 2.24) is 4.57 Å². The smallest absolute Gasteiger partial charge is 0.0737 e. The van der Waals surface area contributed by atoms with Crippen LogP contribution in [0.5, 0.6) is 0 Å². The van der Waals surface area contributed by atoms with Crippen LogP contribution in [0.2, 0.25) is 5.02 Å². The minimum atomic E-state index is 0.647. The van der Waals surface area contributed by atoms with Crippen LogP contribution >= 0.6 is 11.6 Å². The molecule has 15 heavy (non-hydrogen) atoms. The predicted molar refractivity (Wildman–Crippen MR) is 63.3 cm³/mol. The first-order valence-corrected chi connectivity index (χ1v) is 5.42. The van der Waals surface area contributed by atoms with E-state index < -0.39 is 0 Å². The molecule has 0 fully saturated rings. The molecular weight excluding hydrogens is 210 g/mol. The molecule has 2 rings (SSSR count). The molecule has 0 unspecified atom stereocenters. The summed E-state index contributed by atoms with van der Waals surface area (Å²) in [5.74, 6) is 0. The molecule has 2 nitrogen and oxygen atoms in total. The number of rotatable bonds is 3. The molecule has 80 valence electrons. The number of nitrogens with zero attached hydrogens (tertiary/aromatic N) is 1. The Bertz CT molecular complexity index is 476. The van der Waals surface area contributed by atoms with Crippen LogP contribution in [-0.4, -0.2) is 11.2 Å². The van der Waals surface area contributed by atoms with Gasteiger partial charge in [0, 0.05) is 30.8 Å². The van der Waals surface area contributed by atoms with Crippen LogP contribution in [0.1, 0.15) is 12.5 Å². The third-order valence-electron chi connectivity index (χ3n) is 2.50. The van der Waals surface area contributed by atoms with E-state index in [4.69, 9.17) is 16.3 Å². The lowest BCUT2D eigenvalue weighted by Gasteiger charge is -1.99. The van der Waals surface area contributed by atoms with Gasteiger partial charge in [0.1, 0.15) is 0 Å². The molecule has 0 amide bonds. The van der Waals surface area contributed by atoms with Gasteiger partial charge in [-0.3, -0.25) is 0 Å². The van der Waals surface area contributed by atoms with Crippen LogP contribution in [0.3, 0.4) is 0 Å². The molecule has 1 aromatic heterocycles. The summed E-state index contributed by atoms with van der Waals surface area (Å²) >= 11 is 6.15. The Balaban J connectivity index is 2.53. The van der Waals surface area contributed by atoms with Crippen LogP contribution in [0, 0.1) is 0 Å². The van der Waals surface area contributed by atoms with E-state index in [9.17, 15) is 0 Å². The lowest BCUT2D eigenvalue weighted by molar-refractivity contribution is 0.135. The van der Waals surface area contributed by atoms with E-state index in [1.807, 2.05) is 30.7 Å². The fourth-order valence-corrected chi connectivity index (χ4v) is 2.14. The van der Waals surface area contributed by atoms with E-state index >= 15 is 0 Å². The molecule has 0 N–H and O–H groups in total. The van der Waals surface area contributed by atoms with Gasteiger partial charge < -0.3 is 9.30 Å². The third-order valence-corrected chi connectivity index (χ3v) is 2.80. The van der Waals surface area contributed by atoms with Gasteiger partial charge in [0.2, 0.25) is 0 Å². The summed E-state index contributed by atoms with van der Waals surface area (Å²) in [4.78, 5) is 0. The van der Waals surface area contributed by atoms with E-state index in [2.05, 4.69) is 12.3 Å². The average molecular weight is 224 g/mol. The molecule has 0 aliphatic rings. The van der Waals surface area contributed by atoms with Gasteiger partial charge in [-0.15, -0.1) is 0 Å². The largest absolute Gasteiger partial charge is 0.377 e. The van der Waals surface area contributed by atoms with Crippen molar-refractivity contribution >= 4 is 22.5 Å². The number of aryl methyl sites for hydroxylation is 1. The Kier molecular flexibility index (Phi) is 2.98. The van der Waals surface area contributed by atoms with Crippen molar-refractivity contribution in [1.29, 1.82) is 0 Å². The first kappa shape index (κ1) is 10.5. The highest BCUT2D eigenvalue weighted by molar-refractivity contribution is 6.35. The second-order valence-electron chi connectivity index (χ2n) is 3.54. The number of halogens is 1. The fraction of sp³-hybridized carbons (Fsp3) is 0.333. The summed E-state index contributed by atoms with van der Waals surface area (Å²) in [5, 5.41) is 1.97. The molecule has 0 aliphatic carbocycles. The van der Waals surface area contributed by atoms with E-state index in [1.165, 1.54) is 10.9 Å². The Morgan fingerprint density at radius 3 is 2.93 bits per heavy atom. The molecule has 0 spiro atoms. The molecule has 0 bridgehead atoms. The Morgan fingerprint density at radius 2 is 2.20 bits per heavy atom. The lowest BCUT2D eigenvalue weighted by atomic mass is 10.2. The number of hydrogen-bond acceptors (Lipinski definition) is 1. The van der Waals surface area contributed by atoms with E-state index in [-0.39, 0.29) is 0 Å². The van der Waals surface area contributed by atoms with Crippen LogP contribution in [-0.2, 0) is 18.4 Å². The Hall–Kier alpha value is -0.990. The highest BCUT2D eigenvalue weighted by Gasteiger charge is 2.08. The normalized spacial score (nSPS) is 11.1. The summed E-state index contributed by atoms with van der Waals surface area (Å²) in [6.07, 6.45) is 2.08. The van der Waals surface area contributed by atoms with E-state index in [0.29, 0.717) is 6.61 Å². The van der Waals surface area contributed by atoms with Gasteiger partial charge in [0.05, 0.1) is 17.1 Å². The van der Waals surface area contributed by atoms with Crippen LogP contribution < -0.4 is 0 Å². The number of benzene rings is 1. The van der Waals surface area contributed by atoms with Crippen molar-refractivity contribution in [2.24, 2.45) is 7.05 Å². The fourth-order valence-electron chi connectivity index (χ4n) is 1.83. The predicted octanol–water partition coefficient (Wildman–Crippen LogP) is 3.37. The second-order valence-corrected chi connectivity index (χ2v) is 3.95. The lowest BCUT2D eigenvalue weighted by Crippen LogP contribution is -1.90. The zero-order valence-corrected chi connectivity index (χ0v) is 9.71. The molecule has 0 saturated heterocycles. The molecule has 2 aromatic rings. The quantitative estimate of drug-likeness (QED) is 0.778. The van der Waals surface area contributed by atoms with Crippen molar-refractivity contribution < 1.29 is 4.74 Å². The molecule has 0 aliphatic heterocycles. The highest BCUT2D eigenvalue weighted by Crippen LogP contribution is 2.27. The molecule has 1 heterocycles. The number of para-hydroxylation sites is 1. The molecule has 0 saturated carbocycles. The maximum Gasteiger partial charge on any atom is 0.0737 e. The minimum Gasteiger partial charge on any atom is -0.377 e. The van der Waals surface area contributed by atoms with Crippen LogP contribution in [0.15, 0.2) is 24.4 Å². The van der Waals surface area contributed by atoms with Gasteiger partial charge in [-0.05, 0) is 13.0 Å². The summed E-state index contributed by atoms with van der Waals surface area (Å²) < 4.78 is 7.47. The third kappa shape index (κ3) is 1.87. The van der Waals surface area contributed by atoms with Gasteiger partial charge in [0.15, 0.2) is 0 Å². The summed E-state index contributed by atoms with van der Waals surface area (Å²) in [5.41, 5.74) is 2.27. The van der Waals surface area contributed by atoms with Crippen molar-refractivity contribution in [3.63, 3.8) is 0 Å². The molecule has 0 radical (unpaired) electrons. The summed E-state index contributed by atoms with van der Waals surface area (Å²) in [7, 11) is 2.00.